The first kappa shape index (κ1) is 14.9. The zero-order valence-corrected chi connectivity index (χ0v) is 11.9. The molecule has 1 aromatic carbocycles. The van der Waals surface area contributed by atoms with Crippen molar-refractivity contribution in [2.45, 2.75) is 6.54 Å². The van der Waals surface area contributed by atoms with Gasteiger partial charge in [-0.15, -0.1) is 0 Å². The highest BCUT2D eigenvalue weighted by Crippen LogP contribution is 2.21. The molecule has 0 saturated heterocycles. The zero-order valence-electron chi connectivity index (χ0n) is 11.2. The quantitative estimate of drug-likeness (QED) is 0.654. The molecule has 21 heavy (non-hydrogen) atoms. The van der Waals surface area contributed by atoms with Crippen LogP contribution in [0.4, 0.5) is 17.1 Å². The number of carbonyl (C=O) groups is 1. The minimum atomic E-state index is -0.583. The molecule has 0 unspecified atom stereocenters. The van der Waals surface area contributed by atoms with Crippen LogP contribution in [0.1, 0.15) is 0 Å². The Kier molecular flexibility index (Phi) is 4.44. The fourth-order valence-corrected chi connectivity index (χ4v) is 1.77. The predicted octanol–water partition coefficient (Wildman–Crippen LogP) is 1.40. The smallest absolute Gasteiger partial charge is 0.327 e. The Hall–Kier alpha value is -2.54. The van der Waals surface area contributed by atoms with Crippen molar-refractivity contribution in [1.29, 1.82) is 0 Å². The van der Waals surface area contributed by atoms with Crippen molar-refractivity contribution in [2.24, 2.45) is 0 Å². The molecule has 0 radical (unpaired) electrons. The van der Waals surface area contributed by atoms with Crippen molar-refractivity contribution in [2.75, 3.05) is 18.2 Å². The summed E-state index contributed by atoms with van der Waals surface area (Å²) in [6.07, 6.45) is 1.36. The van der Waals surface area contributed by atoms with E-state index in [-0.39, 0.29) is 11.6 Å². The number of nitrogens with one attached hydrogen (secondary N) is 1. The number of ether oxygens (including phenoxy) is 1. The Balaban J connectivity index is 2.26. The average molecular weight is 309 g/mol. The second kappa shape index (κ2) is 6.27. The molecule has 0 atom stereocenters. The molecule has 0 amide bonds. The number of esters is 1. The molecule has 0 aliphatic rings. The van der Waals surface area contributed by atoms with Gasteiger partial charge in [0.2, 0.25) is 0 Å². The summed E-state index contributed by atoms with van der Waals surface area (Å²) in [6.45, 7) is -0.294. The van der Waals surface area contributed by atoms with Gasteiger partial charge >= 0.3 is 5.97 Å². The Morgan fingerprint density at radius 1 is 1.43 bits per heavy atom. The number of rotatable bonds is 4. The molecule has 0 fully saturated rings. The number of aromatic nitrogens is 2. The maximum atomic E-state index is 12.0. The van der Waals surface area contributed by atoms with Crippen molar-refractivity contribution in [3.63, 3.8) is 0 Å². The van der Waals surface area contributed by atoms with Gasteiger partial charge in [0.15, 0.2) is 0 Å². The van der Waals surface area contributed by atoms with Crippen LogP contribution in [-0.2, 0) is 16.1 Å². The minimum absolute atomic E-state index is 0.0641. The lowest BCUT2D eigenvalue weighted by atomic mass is 10.3. The second-order valence-corrected chi connectivity index (χ2v) is 4.54. The van der Waals surface area contributed by atoms with E-state index in [1.165, 1.54) is 13.3 Å². The van der Waals surface area contributed by atoms with Crippen LogP contribution in [-0.4, -0.2) is 22.9 Å². The number of methoxy groups -OCH3 is 1. The van der Waals surface area contributed by atoms with E-state index < -0.39 is 11.5 Å². The SMILES string of the molecule is COC(=O)Cn1ncc(Nc2ccc(N)cc2)c(Cl)c1=O. The van der Waals surface area contributed by atoms with Gasteiger partial charge in [-0.2, -0.15) is 5.10 Å². The standard InChI is InChI=1S/C13H13ClN4O3/c1-21-11(19)7-18-13(20)12(14)10(6-16-18)17-9-4-2-8(15)3-5-9/h2-6,17H,7,15H2,1H3. The number of anilines is 3. The van der Waals surface area contributed by atoms with Gasteiger partial charge in [-0.1, -0.05) is 11.6 Å². The molecule has 0 bridgehead atoms. The number of carbonyl (C=O) groups excluding carboxylic acids is 1. The molecule has 2 aromatic rings. The topological polar surface area (TPSA) is 99.2 Å². The van der Waals surface area contributed by atoms with Crippen LogP contribution in [0.25, 0.3) is 0 Å². The van der Waals surface area contributed by atoms with E-state index in [0.717, 1.165) is 4.68 Å². The summed E-state index contributed by atoms with van der Waals surface area (Å²) in [4.78, 5) is 23.1. The fraction of sp³-hybridized carbons (Fsp3) is 0.154. The highest BCUT2D eigenvalue weighted by Gasteiger charge is 2.12. The molecule has 7 nitrogen and oxygen atoms in total. The van der Waals surface area contributed by atoms with Crippen molar-refractivity contribution in [3.05, 3.63) is 45.8 Å². The van der Waals surface area contributed by atoms with Gasteiger partial charge in [0.05, 0.1) is 19.0 Å². The Morgan fingerprint density at radius 3 is 2.71 bits per heavy atom. The van der Waals surface area contributed by atoms with Crippen LogP contribution in [0.15, 0.2) is 35.3 Å². The van der Waals surface area contributed by atoms with Crippen LogP contribution in [0, 0.1) is 0 Å². The molecule has 1 aromatic heterocycles. The van der Waals surface area contributed by atoms with Gasteiger partial charge in [-0.3, -0.25) is 9.59 Å². The molecule has 0 spiro atoms. The fourth-order valence-electron chi connectivity index (χ4n) is 1.57. The predicted molar refractivity (Wildman–Crippen MR) is 79.7 cm³/mol. The van der Waals surface area contributed by atoms with Crippen LogP contribution < -0.4 is 16.6 Å². The summed E-state index contributed by atoms with van der Waals surface area (Å²) in [7, 11) is 1.23. The van der Waals surface area contributed by atoms with Gasteiger partial charge in [-0.25, -0.2) is 4.68 Å². The first-order valence-electron chi connectivity index (χ1n) is 5.96. The molecule has 8 heteroatoms. The zero-order chi connectivity index (χ0) is 15.4. The number of hydrogen-bond donors (Lipinski definition) is 2. The van der Waals surface area contributed by atoms with Crippen LogP contribution in [0.5, 0.6) is 0 Å². The molecular formula is C13H13ClN4O3. The first-order valence-corrected chi connectivity index (χ1v) is 6.34. The minimum Gasteiger partial charge on any atom is -0.468 e. The molecular weight excluding hydrogens is 296 g/mol. The third-order valence-corrected chi connectivity index (χ3v) is 3.05. The maximum Gasteiger partial charge on any atom is 0.327 e. The normalized spacial score (nSPS) is 10.2. The largest absolute Gasteiger partial charge is 0.468 e. The van der Waals surface area contributed by atoms with Crippen molar-refractivity contribution < 1.29 is 9.53 Å². The molecule has 0 aliphatic heterocycles. The second-order valence-electron chi connectivity index (χ2n) is 4.16. The van der Waals surface area contributed by atoms with Crippen LogP contribution >= 0.6 is 11.6 Å². The highest BCUT2D eigenvalue weighted by atomic mass is 35.5. The van der Waals surface area contributed by atoms with Gasteiger partial charge in [0.1, 0.15) is 11.6 Å². The maximum absolute atomic E-state index is 12.0. The van der Waals surface area contributed by atoms with Gasteiger partial charge < -0.3 is 15.8 Å². The molecule has 3 N–H and O–H groups in total. The number of nitrogens with two attached hydrogens (primary N) is 1. The first-order chi connectivity index (χ1) is 10.0. The molecule has 1 heterocycles. The van der Waals surface area contributed by atoms with E-state index in [1.54, 1.807) is 24.3 Å². The Morgan fingerprint density at radius 2 is 2.10 bits per heavy atom. The van der Waals surface area contributed by atoms with E-state index in [9.17, 15) is 9.59 Å². The lowest BCUT2D eigenvalue weighted by molar-refractivity contribution is -0.141. The number of nitrogens with zero attached hydrogens (tertiary/aromatic N) is 2. The summed E-state index contributed by atoms with van der Waals surface area (Å²) in [6, 6.07) is 6.90. The van der Waals surface area contributed by atoms with E-state index in [4.69, 9.17) is 17.3 Å². The van der Waals surface area contributed by atoms with E-state index in [1.807, 2.05) is 0 Å². The number of hydrogen-bond acceptors (Lipinski definition) is 6. The summed E-state index contributed by atoms with van der Waals surface area (Å²) in [5.41, 5.74) is 6.68. The van der Waals surface area contributed by atoms with Gasteiger partial charge in [0, 0.05) is 11.4 Å². The van der Waals surface area contributed by atoms with Gasteiger partial charge in [0.25, 0.3) is 5.56 Å². The number of halogens is 1. The van der Waals surface area contributed by atoms with Crippen LogP contribution in [0.3, 0.4) is 0 Å². The summed E-state index contributed by atoms with van der Waals surface area (Å²) < 4.78 is 5.41. The molecule has 2 rings (SSSR count). The van der Waals surface area contributed by atoms with Gasteiger partial charge in [-0.05, 0) is 24.3 Å². The average Bonchev–Trinajstić information content (AvgIpc) is 2.49. The lowest BCUT2D eigenvalue weighted by Gasteiger charge is -2.10. The summed E-state index contributed by atoms with van der Waals surface area (Å²) >= 11 is 5.99. The number of benzene rings is 1. The monoisotopic (exact) mass is 308 g/mol. The Bertz CT molecular complexity index is 712. The Labute approximate surface area is 125 Å². The molecule has 0 aliphatic carbocycles. The third kappa shape index (κ3) is 3.51. The lowest BCUT2D eigenvalue weighted by Crippen LogP contribution is -2.27. The molecule has 110 valence electrons. The van der Waals surface area contributed by atoms with Crippen molar-refractivity contribution in [3.8, 4) is 0 Å². The van der Waals surface area contributed by atoms with Crippen LogP contribution in [0.2, 0.25) is 5.02 Å². The van der Waals surface area contributed by atoms with Crippen molar-refractivity contribution >= 4 is 34.6 Å². The van der Waals surface area contributed by atoms with E-state index >= 15 is 0 Å². The summed E-state index contributed by atoms with van der Waals surface area (Å²) in [5, 5.41) is 6.76. The van der Waals surface area contributed by atoms with E-state index in [0.29, 0.717) is 17.1 Å². The molecule has 0 saturated carbocycles. The van der Waals surface area contributed by atoms with Crippen molar-refractivity contribution in [1.82, 2.24) is 9.78 Å². The highest BCUT2D eigenvalue weighted by molar-refractivity contribution is 6.33. The number of nitrogen functional groups attached to an aromatic ring is 1. The third-order valence-electron chi connectivity index (χ3n) is 2.68. The summed E-state index contributed by atoms with van der Waals surface area (Å²) in [5.74, 6) is -0.583. The van der Waals surface area contributed by atoms with E-state index in [2.05, 4.69) is 15.2 Å².